The van der Waals surface area contributed by atoms with Gasteiger partial charge in [0.25, 0.3) is 0 Å². The summed E-state index contributed by atoms with van der Waals surface area (Å²) in [5.41, 5.74) is 0.258. The predicted octanol–water partition coefficient (Wildman–Crippen LogP) is 4.32. The van der Waals surface area contributed by atoms with E-state index in [1.807, 2.05) is 0 Å². The van der Waals surface area contributed by atoms with Crippen LogP contribution in [0.2, 0.25) is 0 Å². The van der Waals surface area contributed by atoms with E-state index in [-0.39, 0.29) is 46.7 Å². The average Bonchev–Trinajstić information content (AvgIpc) is 3.06. The van der Waals surface area contributed by atoms with E-state index >= 15 is 0 Å². The highest BCUT2D eigenvalue weighted by Crippen LogP contribution is 2.65. The Morgan fingerprint density at radius 1 is 1.15 bits per heavy atom. The third-order valence-electron chi connectivity index (χ3n) is 8.61. The monoisotopic (exact) mass is 488 g/mol. The van der Waals surface area contributed by atoms with Crippen LogP contribution in [0.5, 0.6) is 5.75 Å². The second-order valence-corrected chi connectivity index (χ2v) is 12.3. The molecule has 184 valence electrons. The molecule has 10 heteroatoms. The predicted molar refractivity (Wildman–Crippen MR) is 116 cm³/mol. The first kappa shape index (κ1) is 24.3. The highest BCUT2D eigenvalue weighted by Gasteiger charge is 2.61. The van der Waals surface area contributed by atoms with Gasteiger partial charge in [-0.3, -0.25) is 4.79 Å². The van der Waals surface area contributed by atoms with Crippen LogP contribution in [0.1, 0.15) is 52.9 Å². The van der Waals surface area contributed by atoms with Gasteiger partial charge < -0.3 is 10.1 Å². The molecule has 1 aromatic carbocycles. The van der Waals surface area contributed by atoms with Crippen LogP contribution in [0.15, 0.2) is 29.2 Å². The van der Waals surface area contributed by atoms with Crippen molar-refractivity contribution < 1.29 is 31.1 Å². The summed E-state index contributed by atoms with van der Waals surface area (Å²) in [6.07, 6.45) is -0.872. The topological polar surface area (TPSA) is 75.7 Å². The van der Waals surface area contributed by atoms with Crippen molar-refractivity contribution in [1.82, 2.24) is 9.62 Å². The van der Waals surface area contributed by atoms with Crippen molar-refractivity contribution in [2.45, 2.75) is 70.2 Å². The molecule has 1 heterocycles. The summed E-state index contributed by atoms with van der Waals surface area (Å²) in [5, 5.41) is 3.26. The van der Waals surface area contributed by atoms with E-state index in [0.29, 0.717) is 18.8 Å². The molecule has 3 unspecified atom stereocenters. The van der Waals surface area contributed by atoms with Crippen molar-refractivity contribution in [2.75, 3.05) is 13.1 Å². The number of hydrogen-bond acceptors (Lipinski definition) is 4. The molecular formula is C23H31F3N2O4S. The molecule has 1 aliphatic heterocycles. The molecule has 0 spiro atoms. The Balaban J connectivity index is 1.37. The molecule has 1 N–H and O–H groups in total. The number of benzene rings is 1. The number of amides is 1. The molecule has 6 nitrogen and oxygen atoms in total. The number of ether oxygens (including phenoxy) is 1. The largest absolute Gasteiger partial charge is 0.573 e. The van der Waals surface area contributed by atoms with Crippen LogP contribution in [0.3, 0.4) is 0 Å². The van der Waals surface area contributed by atoms with Crippen LogP contribution in [0, 0.1) is 22.7 Å². The molecule has 1 aromatic rings. The van der Waals surface area contributed by atoms with Gasteiger partial charge in [0, 0.05) is 31.1 Å². The first-order chi connectivity index (χ1) is 15.2. The third-order valence-corrected chi connectivity index (χ3v) is 10.5. The van der Waals surface area contributed by atoms with Gasteiger partial charge in [-0.2, -0.15) is 4.31 Å². The van der Waals surface area contributed by atoms with E-state index in [1.165, 1.54) is 22.9 Å². The van der Waals surface area contributed by atoms with Gasteiger partial charge in [0.2, 0.25) is 15.9 Å². The average molecular weight is 489 g/mol. The van der Waals surface area contributed by atoms with Gasteiger partial charge in [-0.05, 0) is 61.0 Å². The molecular weight excluding hydrogens is 457 g/mol. The van der Waals surface area contributed by atoms with Crippen molar-refractivity contribution >= 4 is 15.9 Å². The fraction of sp³-hybridized carbons (Fsp3) is 0.696. The maximum Gasteiger partial charge on any atom is 0.573 e. The van der Waals surface area contributed by atoms with Gasteiger partial charge in [-0.25, -0.2) is 8.42 Å². The van der Waals surface area contributed by atoms with E-state index in [0.717, 1.165) is 25.0 Å². The highest BCUT2D eigenvalue weighted by atomic mass is 32.2. The first-order valence-electron chi connectivity index (χ1n) is 11.4. The summed E-state index contributed by atoms with van der Waals surface area (Å²) in [6.45, 7) is 7.11. The number of carbonyl (C=O) groups excluding carboxylic acids is 1. The number of rotatable bonds is 5. The highest BCUT2D eigenvalue weighted by molar-refractivity contribution is 7.89. The molecule has 2 aliphatic carbocycles. The molecule has 1 saturated heterocycles. The molecule has 4 rings (SSSR count). The lowest BCUT2D eigenvalue weighted by Crippen LogP contribution is -2.50. The zero-order valence-corrected chi connectivity index (χ0v) is 19.9. The lowest BCUT2D eigenvalue weighted by molar-refractivity contribution is -0.274. The Hall–Kier alpha value is -1.81. The number of halogens is 3. The van der Waals surface area contributed by atoms with E-state index in [4.69, 9.17) is 0 Å². The Labute approximate surface area is 192 Å². The SMILES string of the molecule is CC1(C)C2CCC1(C)C(NC(=O)C1CCN(S(=O)(=O)c3cccc(OC(F)(F)F)c3)CC1)C2. The fourth-order valence-corrected chi connectivity index (χ4v) is 7.56. The Kier molecular flexibility index (Phi) is 6.00. The number of carbonyl (C=O) groups is 1. The summed E-state index contributed by atoms with van der Waals surface area (Å²) in [4.78, 5) is 12.7. The van der Waals surface area contributed by atoms with Crippen molar-refractivity contribution in [2.24, 2.45) is 22.7 Å². The molecule has 0 radical (unpaired) electrons. The van der Waals surface area contributed by atoms with Gasteiger partial charge in [0.15, 0.2) is 0 Å². The Morgan fingerprint density at radius 3 is 2.36 bits per heavy atom. The number of fused-ring (bicyclic) bond motifs is 2. The zero-order valence-electron chi connectivity index (χ0n) is 19.1. The molecule has 3 atom stereocenters. The maximum atomic E-state index is 13.0. The van der Waals surface area contributed by atoms with Crippen LogP contribution in [-0.2, 0) is 14.8 Å². The second kappa shape index (κ2) is 8.15. The minimum Gasteiger partial charge on any atom is -0.406 e. The van der Waals surface area contributed by atoms with Crippen LogP contribution >= 0.6 is 0 Å². The van der Waals surface area contributed by atoms with Crippen LogP contribution in [0.4, 0.5) is 13.2 Å². The van der Waals surface area contributed by atoms with Crippen molar-refractivity contribution in [3.8, 4) is 5.75 Å². The normalized spacial score (nSPS) is 30.4. The van der Waals surface area contributed by atoms with E-state index in [1.54, 1.807) is 0 Å². The van der Waals surface area contributed by atoms with Crippen LogP contribution in [-0.4, -0.2) is 44.1 Å². The molecule has 0 aromatic heterocycles. The number of alkyl halides is 3. The maximum absolute atomic E-state index is 13.0. The van der Waals surface area contributed by atoms with Gasteiger partial charge in [-0.1, -0.05) is 26.8 Å². The minimum absolute atomic E-state index is 0.0257. The smallest absolute Gasteiger partial charge is 0.406 e. The number of piperidine rings is 1. The number of nitrogens with zero attached hydrogens (tertiary/aromatic N) is 1. The van der Waals surface area contributed by atoms with Gasteiger partial charge in [0.05, 0.1) is 4.90 Å². The Bertz CT molecular complexity index is 1020. The van der Waals surface area contributed by atoms with Gasteiger partial charge in [-0.15, -0.1) is 13.2 Å². The molecule has 2 bridgehead atoms. The lowest BCUT2D eigenvalue weighted by atomic mass is 9.69. The van der Waals surface area contributed by atoms with Crippen LogP contribution in [0.25, 0.3) is 0 Å². The summed E-state index contributed by atoms with van der Waals surface area (Å²) in [6, 6.07) is 4.53. The minimum atomic E-state index is -4.90. The molecule has 1 amide bonds. The number of nitrogens with one attached hydrogen (secondary N) is 1. The van der Waals surface area contributed by atoms with Crippen LogP contribution < -0.4 is 10.1 Å². The third kappa shape index (κ3) is 4.36. The standard InChI is InChI=1S/C23H31F3N2O4S/c1-21(2)16-7-10-22(21,3)19(13-16)27-20(29)15-8-11-28(12-9-15)33(30,31)18-6-4-5-17(14-18)32-23(24,25)26/h4-6,14-16,19H,7-13H2,1-3H3,(H,27,29). The fourth-order valence-electron chi connectivity index (χ4n) is 6.05. The van der Waals surface area contributed by atoms with Gasteiger partial charge >= 0.3 is 6.36 Å². The van der Waals surface area contributed by atoms with E-state index < -0.39 is 22.1 Å². The van der Waals surface area contributed by atoms with Crippen molar-refractivity contribution in [1.29, 1.82) is 0 Å². The second-order valence-electron chi connectivity index (χ2n) is 10.4. The van der Waals surface area contributed by atoms with E-state index in [2.05, 4.69) is 30.8 Å². The number of hydrogen-bond donors (Lipinski definition) is 1. The summed E-state index contributed by atoms with van der Waals surface area (Å²) in [5.74, 6) is -0.276. The summed E-state index contributed by atoms with van der Waals surface area (Å²) >= 11 is 0. The summed E-state index contributed by atoms with van der Waals surface area (Å²) in [7, 11) is -3.99. The van der Waals surface area contributed by atoms with Crippen molar-refractivity contribution in [3.63, 3.8) is 0 Å². The quantitative estimate of drug-likeness (QED) is 0.670. The van der Waals surface area contributed by atoms with Gasteiger partial charge in [0.1, 0.15) is 5.75 Å². The van der Waals surface area contributed by atoms with Crippen molar-refractivity contribution in [3.05, 3.63) is 24.3 Å². The molecule has 3 aliphatic rings. The first-order valence-corrected chi connectivity index (χ1v) is 12.8. The molecule has 3 fully saturated rings. The van der Waals surface area contributed by atoms with E-state index in [9.17, 15) is 26.4 Å². The molecule has 33 heavy (non-hydrogen) atoms. The number of sulfonamides is 1. The zero-order chi connectivity index (χ0) is 24.2. The Morgan fingerprint density at radius 2 is 1.82 bits per heavy atom. The molecule has 2 saturated carbocycles. The lowest BCUT2D eigenvalue weighted by Gasteiger charge is -2.40. The summed E-state index contributed by atoms with van der Waals surface area (Å²) < 4.78 is 68.4.